The second-order valence-electron chi connectivity index (χ2n) is 6.71. The molecule has 1 amide bonds. The van der Waals surface area contributed by atoms with Gasteiger partial charge >= 0.3 is 0 Å². The van der Waals surface area contributed by atoms with Crippen LogP contribution in [0.3, 0.4) is 0 Å². The smallest absolute Gasteiger partial charge is 0.266 e. The van der Waals surface area contributed by atoms with E-state index < -0.39 is 0 Å². The Bertz CT molecular complexity index is 1040. The van der Waals surface area contributed by atoms with Gasteiger partial charge in [-0.25, -0.2) is 4.98 Å². The third-order valence-corrected chi connectivity index (χ3v) is 5.72. The first-order valence-electron chi connectivity index (χ1n) is 9.55. The third kappa shape index (κ3) is 4.28. The van der Waals surface area contributed by atoms with Gasteiger partial charge in [0.25, 0.3) is 5.56 Å². The van der Waals surface area contributed by atoms with E-state index in [9.17, 15) is 9.59 Å². The third-order valence-electron chi connectivity index (χ3n) is 4.78. The number of rotatable bonds is 7. The Labute approximate surface area is 169 Å². The summed E-state index contributed by atoms with van der Waals surface area (Å²) in [7, 11) is 0. The monoisotopic (exact) mass is 395 g/mol. The van der Waals surface area contributed by atoms with Gasteiger partial charge in [0.05, 0.1) is 22.3 Å². The first-order valence-corrected chi connectivity index (χ1v) is 10.5. The maximum Gasteiger partial charge on any atom is 0.266 e. The van der Waals surface area contributed by atoms with Crippen LogP contribution in [0.2, 0.25) is 0 Å². The zero-order valence-corrected chi connectivity index (χ0v) is 17.3. The number of thioether (sulfide) groups is 1. The number of hydrogen-bond acceptors (Lipinski definition) is 4. The zero-order chi connectivity index (χ0) is 20.1. The van der Waals surface area contributed by atoms with E-state index in [1.54, 1.807) is 10.6 Å². The number of nitrogens with zero attached hydrogens (tertiary/aromatic N) is 2. The van der Waals surface area contributed by atoms with Crippen molar-refractivity contribution in [1.82, 2.24) is 14.9 Å². The van der Waals surface area contributed by atoms with E-state index in [1.807, 2.05) is 49.4 Å². The Morgan fingerprint density at radius 2 is 1.79 bits per heavy atom. The predicted molar refractivity (Wildman–Crippen MR) is 115 cm³/mol. The molecule has 0 aliphatic carbocycles. The van der Waals surface area contributed by atoms with Gasteiger partial charge in [-0.15, -0.1) is 0 Å². The van der Waals surface area contributed by atoms with Gasteiger partial charge < -0.3 is 5.32 Å². The number of para-hydroxylation sites is 2. The quantitative estimate of drug-likeness (QED) is 0.483. The molecule has 3 rings (SSSR count). The normalized spacial score (nSPS) is 11.1. The van der Waals surface area contributed by atoms with Crippen LogP contribution in [0, 0.1) is 6.92 Å². The van der Waals surface area contributed by atoms with E-state index in [0.717, 1.165) is 24.1 Å². The Balaban J connectivity index is 2.01. The molecule has 6 heteroatoms. The van der Waals surface area contributed by atoms with Gasteiger partial charge in [-0.3, -0.25) is 14.2 Å². The van der Waals surface area contributed by atoms with Gasteiger partial charge in [-0.05, 0) is 43.5 Å². The molecule has 0 atom stereocenters. The minimum atomic E-state index is -0.122. The molecular weight excluding hydrogens is 370 g/mol. The van der Waals surface area contributed by atoms with E-state index in [1.165, 1.54) is 11.8 Å². The van der Waals surface area contributed by atoms with Crippen molar-refractivity contribution in [3.8, 4) is 5.69 Å². The molecule has 1 aromatic heterocycles. The summed E-state index contributed by atoms with van der Waals surface area (Å²) < 4.78 is 1.62. The molecule has 5 nitrogen and oxygen atoms in total. The van der Waals surface area contributed by atoms with Crippen molar-refractivity contribution in [3.63, 3.8) is 0 Å². The fraction of sp³-hybridized carbons (Fsp3) is 0.318. The number of carbonyl (C=O) groups excluding carboxylic acids is 1. The number of benzene rings is 2. The van der Waals surface area contributed by atoms with E-state index in [0.29, 0.717) is 16.1 Å². The second-order valence-corrected chi connectivity index (χ2v) is 7.65. The molecule has 0 fully saturated rings. The summed E-state index contributed by atoms with van der Waals surface area (Å²) in [6.07, 6.45) is 1.80. The summed E-state index contributed by atoms with van der Waals surface area (Å²) in [6, 6.07) is 15.2. The number of amides is 1. The molecule has 0 saturated carbocycles. The van der Waals surface area contributed by atoms with Crippen LogP contribution in [0.5, 0.6) is 0 Å². The Morgan fingerprint density at radius 3 is 2.50 bits per heavy atom. The zero-order valence-electron chi connectivity index (χ0n) is 16.4. The van der Waals surface area contributed by atoms with Crippen molar-refractivity contribution in [2.45, 2.75) is 44.8 Å². The van der Waals surface area contributed by atoms with Gasteiger partial charge in [0.15, 0.2) is 5.16 Å². The summed E-state index contributed by atoms with van der Waals surface area (Å²) in [6.45, 7) is 6.08. The minimum absolute atomic E-state index is 0.0440. The van der Waals surface area contributed by atoms with Gasteiger partial charge in [0.2, 0.25) is 5.91 Å². The molecule has 0 aliphatic rings. The lowest BCUT2D eigenvalue weighted by molar-refractivity contribution is -0.119. The summed E-state index contributed by atoms with van der Waals surface area (Å²) in [4.78, 5) is 30.3. The molecule has 28 heavy (non-hydrogen) atoms. The molecule has 1 N–H and O–H groups in total. The summed E-state index contributed by atoms with van der Waals surface area (Å²) in [5, 5.41) is 4.13. The predicted octanol–water partition coefficient (Wildman–Crippen LogP) is 4.09. The topological polar surface area (TPSA) is 64.0 Å². The molecular formula is C22H25N3O2S. The van der Waals surface area contributed by atoms with Crippen LogP contribution in [-0.2, 0) is 4.79 Å². The van der Waals surface area contributed by atoms with Crippen molar-refractivity contribution in [2.24, 2.45) is 0 Å². The van der Waals surface area contributed by atoms with Gasteiger partial charge in [0, 0.05) is 6.04 Å². The second kappa shape index (κ2) is 9.06. The molecule has 2 aromatic carbocycles. The number of aryl methyl sites for hydroxylation is 1. The van der Waals surface area contributed by atoms with E-state index >= 15 is 0 Å². The molecule has 0 bridgehead atoms. The van der Waals surface area contributed by atoms with Crippen molar-refractivity contribution in [1.29, 1.82) is 0 Å². The van der Waals surface area contributed by atoms with Crippen LogP contribution in [0.4, 0.5) is 0 Å². The van der Waals surface area contributed by atoms with Gasteiger partial charge in [0.1, 0.15) is 0 Å². The Hall–Kier alpha value is -2.60. The highest BCUT2D eigenvalue weighted by atomic mass is 32.2. The van der Waals surface area contributed by atoms with E-state index in [4.69, 9.17) is 4.98 Å². The molecule has 0 aliphatic heterocycles. The van der Waals surface area contributed by atoms with Crippen molar-refractivity contribution in [2.75, 3.05) is 5.75 Å². The molecule has 1 heterocycles. The number of carbonyl (C=O) groups is 1. The molecule has 0 unspecified atom stereocenters. The highest BCUT2D eigenvalue weighted by molar-refractivity contribution is 7.99. The lowest BCUT2D eigenvalue weighted by Crippen LogP contribution is -2.35. The average Bonchev–Trinajstić information content (AvgIpc) is 2.71. The van der Waals surface area contributed by atoms with E-state index in [-0.39, 0.29) is 23.3 Å². The first kappa shape index (κ1) is 20.1. The molecule has 0 spiro atoms. The lowest BCUT2D eigenvalue weighted by Gasteiger charge is -2.16. The maximum absolute atomic E-state index is 13.2. The highest BCUT2D eigenvalue weighted by Gasteiger charge is 2.16. The number of fused-ring (bicyclic) bond motifs is 1. The van der Waals surface area contributed by atoms with Gasteiger partial charge in [-0.2, -0.15) is 0 Å². The molecule has 146 valence electrons. The standard InChI is InChI=1S/C22H25N3O2S/c1-4-16(5-2)23-20(26)14-28-22-24-18-12-8-7-11-17(18)21(27)25(22)19-13-9-6-10-15(19)3/h6-13,16H,4-5,14H2,1-3H3,(H,23,26). The minimum Gasteiger partial charge on any atom is -0.353 e. The summed E-state index contributed by atoms with van der Waals surface area (Å²) >= 11 is 1.29. The van der Waals surface area contributed by atoms with Crippen molar-refractivity contribution >= 4 is 28.6 Å². The SMILES string of the molecule is CCC(CC)NC(=O)CSc1nc2ccccc2c(=O)n1-c1ccccc1C. The largest absolute Gasteiger partial charge is 0.353 e. The fourth-order valence-corrected chi connectivity index (χ4v) is 3.94. The number of aromatic nitrogens is 2. The first-order chi connectivity index (χ1) is 13.5. The maximum atomic E-state index is 13.2. The lowest BCUT2D eigenvalue weighted by atomic mass is 10.2. The average molecular weight is 396 g/mol. The Morgan fingerprint density at radius 1 is 1.11 bits per heavy atom. The van der Waals surface area contributed by atoms with Crippen LogP contribution in [-0.4, -0.2) is 27.3 Å². The van der Waals surface area contributed by atoms with Crippen molar-refractivity contribution in [3.05, 3.63) is 64.4 Å². The van der Waals surface area contributed by atoms with Crippen LogP contribution in [0.1, 0.15) is 32.3 Å². The van der Waals surface area contributed by atoms with Gasteiger partial charge in [-0.1, -0.05) is 55.9 Å². The fourth-order valence-electron chi connectivity index (χ4n) is 3.13. The van der Waals surface area contributed by atoms with Crippen LogP contribution < -0.4 is 10.9 Å². The van der Waals surface area contributed by atoms with Crippen LogP contribution >= 0.6 is 11.8 Å². The molecule has 3 aromatic rings. The Kier molecular flexibility index (Phi) is 6.52. The van der Waals surface area contributed by atoms with E-state index in [2.05, 4.69) is 19.2 Å². The molecule has 0 radical (unpaired) electrons. The highest BCUT2D eigenvalue weighted by Crippen LogP contribution is 2.23. The van der Waals surface area contributed by atoms with Crippen LogP contribution in [0.25, 0.3) is 16.6 Å². The molecule has 0 saturated heterocycles. The summed E-state index contributed by atoms with van der Waals surface area (Å²) in [5.74, 6) is 0.171. The number of nitrogens with one attached hydrogen (secondary N) is 1. The van der Waals surface area contributed by atoms with Crippen LogP contribution in [0.15, 0.2) is 58.5 Å². The summed E-state index contributed by atoms with van der Waals surface area (Å²) in [5.41, 5.74) is 2.28. The van der Waals surface area contributed by atoms with Crippen molar-refractivity contribution < 1.29 is 4.79 Å². The number of hydrogen-bond donors (Lipinski definition) is 1.